The number of aryl methyl sites for hydroxylation is 3. The fraction of sp³-hybridized carbons (Fsp3) is 0.316. The molecule has 27 heavy (non-hydrogen) atoms. The molecular weight excluding hydrogens is 385 g/mol. The Morgan fingerprint density at radius 1 is 1.33 bits per heavy atom. The van der Waals surface area contributed by atoms with Gasteiger partial charge in [-0.15, -0.1) is 23.1 Å². The first-order chi connectivity index (χ1) is 12.9. The number of carbonyl (C=O) groups is 1. The lowest BCUT2D eigenvalue weighted by Crippen LogP contribution is -2.13. The molecule has 1 aromatic carbocycles. The van der Waals surface area contributed by atoms with Crippen LogP contribution in [0.5, 0.6) is 0 Å². The van der Waals surface area contributed by atoms with Gasteiger partial charge in [-0.25, -0.2) is 9.37 Å². The minimum atomic E-state index is -0.208. The second-order valence-corrected chi connectivity index (χ2v) is 8.34. The quantitative estimate of drug-likeness (QED) is 0.619. The van der Waals surface area contributed by atoms with E-state index < -0.39 is 0 Å². The molecular formula is C19H20FN3O2S2. The Morgan fingerprint density at radius 3 is 2.85 bits per heavy atom. The summed E-state index contributed by atoms with van der Waals surface area (Å²) in [6.07, 6.45) is 2.31. The predicted molar refractivity (Wildman–Crippen MR) is 107 cm³/mol. The number of amides is 1. The Kier molecular flexibility index (Phi) is 6.28. The molecule has 0 spiro atoms. The Labute approximate surface area is 165 Å². The van der Waals surface area contributed by atoms with Crippen LogP contribution in [-0.2, 0) is 17.0 Å². The highest BCUT2D eigenvalue weighted by Crippen LogP contribution is 2.23. The van der Waals surface area contributed by atoms with Crippen molar-refractivity contribution in [3.63, 3.8) is 0 Å². The van der Waals surface area contributed by atoms with E-state index in [1.54, 1.807) is 25.3 Å². The summed E-state index contributed by atoms with van der Waals surface area (Å²) < 4.78 is 18.8. The van der Waals surface area contributed by atoms with Gasteiger partial charge in [-0.2, -0.15) is 0 Å². The molecule has 0 aliphatic carbocycles. The lowest BCUT2D eigenvalue weighted by atomic mass is 10.1. The molecule has 1 amide bonds. The van der Waals surface area contributed by atoms with Gasteiger partial charge in [0.1, 0.15) is 11.6 Å². The van der Waals surface area contributed by atoms with Crippen molar-refractivity contribution in [3.8, 4) is 0 Å². The summed E-state index contributed by atoms with van der Waals surface area (Å²) in [4.78, 5) is 17.3. The third kappa shape index (κ3) is 5.17. The van der Waals surface area contributed by atoms with E-state index in [1.165, 1.54) is 23.1 Å². The number of anilines is 1. The predicted octanol–water partition coefficient (Wildman–Crippen LogP) is 4.66. The number of carbonyl (C=O) groups excluding carboxylic acids is 1. The molecule has 0 aliphatic heterocycles. The van der Waals surface area contributed by atoms with Crippen LogP contribution in [0.15, 0.2) is 28.9 Å². The van der Waals surface area contributed by atoms with Gasteiger partial charge >= 0.3 is 0 Å². The molecule has 142 valence electrons. The van der Waals surface area contributed by atoms with Crippen LogP contribution in [0.3, 0.4) is 0 Å². The van der Waals surface area contributed by atoms with Crippen LogP contribution in [0.2, 0.25) is 0 Å². The van der Waals surface area contributed by atoms with Crippen molar-refractivity contribution < 1.29 is 13.7 Å². The second-order valence-electron chi connectivity index (χ2n) is 6.24. The summed E-state index contributed by atoms with van der Waals surface area (Å²) in [6.45, 7) is 5.50. The van der Waals surface area contributed by atoms with E-state index in [4.69, 9.17) is 4.52 Å². The zero-order valence-electron chi connectivity index (χ0n) is 15.3. The van der Waals surface area contributed by atoms with Crippen molar-refractivity contribution >= 4 is 34.1 Å². The molecule has 0 saturated heterocycles. The maximum Gasteiger partial charge on any atom is 0.236 e. The Hall–Kier alpha value is -2.19. The van der Waals surface area contributed by atoms with E-state index in [0.29, 0.717) is 28.6 Å². The van der Waals surface area contributed by atoms with Gasteiger partial charge in [0, 0.05) is 28.8 Å². The number of nitrogens with zero attached hydrogens (tertiary/aromatic N) is 2. The molecule has 0 aliphatic rings. The van der Waals surface area contributed by atoms with Crippen LogP contribution >= 0.6 is 23.1 Å². The number of hydrogen-bond acceptors (Lipinski definition) is 6. The SMILES string of the molecule is Cc1ccc(Cc2cnc(NC(=O)CSCc3c(C)noc3C)s2)cc1F. The number of rotatable bonds is 7. The van der Waals surface area contributed by atoms with Crippen LogP contribution in [0.25, 0.3) is 0 Å². The molecule has 0 unspecified atom stereocenters. The zero-order valence-corrected chi connectivity index (χ0v) is 17.0. The van der Waals surface area contributed by atoms with Crippen molar-refractivity contribution in [2.24, 2.45) is 0 Å². The maximum atomic E-state index is 13.6. The molecule has 3 aromatic rings. The van der Waals surface area contributed by atoms with Gasteiger partial charge in [0.2, 0.25) is 5.91 Å². The molecule has 1 N–H and O–H groups in total. The normalized spacial score (nSPS) is 11.0. The molecule has 2 aromatic heterocycles. The van der Waals surface area contributed by atoms with Crippen molar-refractivity contribution in [1.29, 1.82) is 0 Å². The lowest BCUT2D eigenvalue weighted by molar-refractivity contribution is -0.113. The number of thiazole rings is 1. The van der Waals surface area contributed by atoms with Crippen LogP contribution in [0, 0.1) is 26.6 Å². The monoisotopic (exact) mass is 405 g/mol. The molecule has 0 radical (unpaired) electrons. The van der Waals surface area contributed by atoms with Gasteiger partial charge in [-0.1, -0.05) is 17.3 Å². The molecule has 5 nitrogen and oxygen atoms in total. The summed E-state index contributed by atoms with van der Waals surface area (Å²) in [6, 6.07) is 5.21. The largest absolute Gasteiger partial charge is 0.361 e. The minimum absolute atomic E-state index is 0.103. The van der Waals surface area contributed by atoms with Crippen molar-refractivity contribution in [2.45, 2.75) is 32.9 Å². The van der Waals surface area contributed by atoms with Crippen LogP contribution in [0.4, 0.5) is 9.52 Å². The third-order valence-corrected chi connectivity index (χ3v) is 5.95. The van der Waals surface area contributed by atoms with E-state index in [1.807, 2.05) is 19.9 Å². The maximum absolute atomic E-state index is 13.6. The Morgan fingerprint density at radius 2 is 2.15 bits per heavy atom. The lowest BCUT2D eigenvalue weighted by Gasteiger charge is -2.02. The number of thioether (sulfide) groups is 1. The smallest absolute Gasteiger partial charge is 0.236 e. The molecule has 0 fully saturated rings. The molecule has 0 saturated carbocycles. The van der Waals surface area contributed by atoms with Crippen molar-refractivity contribution in [2.75, 3.05) is 11.1 Å². The number of benzene rings is 1. The standard InChI is InChI=1S/C19H20FN3O2S2/c1-11-4-5-14(7-17(11)20)6-15-8-21-19(27-15)22-18(24)10-26-9-16-12(2)23-25-13(16)3/h4-5,7-8H,6,9-10H2,1-3H3,(H,21,22,24). The highest BCUT2D eigenvalue weighted by molar-refractivity contribution is 7.99. The van der Waals surface area contributed by atoms with Gasteiger partial charge in [0.15, 0.2) is 5.13 Å². The minimum Gasteiger partial charge on any atom is -0.361 e. The van der Waals surface area contributed by atoms with Crippen LogP contribution in [0.1, 0.15) is 33.0 Å². The van der Waals surface area contributed by atoms with Crippen molar-refractivity contribution in [1.82, 2.24) is 10.1 Å². The van der Waals surface area contributed by atoms with E-state index in [9.17, 15) is 9.18 Å². The molecule has 3 rings (SSSR count). The van der Waals surface area contributed by atoms with E-state index in [-0.39, 0.29) is 11.7 Å². The van der Waals surface area contributed by atoms with E-state index >= 15 is 0 Å². The van der Waals surface area contributed by atoms with E-state index in [2.05, 4.69) is 15.5 Å². The third-order valence-electron chi connectivity index (χ3n) is 4.08. The average molecular weight is 406 g/mol. The van der Waals surface area contributed by atoms with Gasteiger partial charge in [-0.3, -0.25) is 4.79 Å². The first-order valence-corrected chi connectivity index (χ1v) is 10.4. The first-order valence-electron chi connectivity index (χ1n) is 8.41. The number of halogens is 1. The summed E-state index contributed by atoms with van der Waals surface area (Å²) in [5.74, 6) is 1.48. The topological polar surface area (TPSA) is 68.0 Å². The summed E-state index contributed by atoms with van der Waals surface area (Å²) in [5, 5.41) is 7.28. The number of nitrogens with one attached hydrogen (secondary N) is 1. The highest BCUT2D eigenvalue weighted by atomic mass is 32.2. The molecule has 0 atom stereocenters. The van der Waals surface area contributed by atoms with Crippen LogP contribution in [-0.4, -0.2) is 21.8 Å². The Bertz CT molecular complexity index is 933. The number of hydrogen-bond donors (Lipinski definition) is 1. The summed E-state index contributed by atoms with van der Waals surface area (Å²) in [7, 11) is 0. The molecule has 2 heterocycles. The van der Waals surface area contributed by atoms with Gasteiger partial charge < -0.3 is 9.84 Å². The fourth-order valence-electron chi connectivity index (χ4n) is 2.50. The Balaban J connectivity index is 1.49. The van der Waals surface area contributed by atoms with Gasteiger partial charge in [-0.05, 0) is 38.0 Å². The van der Waals surface area contributed by atoms with Gasteiger partial charge in [0.05, 0.1) is 11.4 Å². The molecule has 0 bridgehead atoms. The molecule has 8 heteroatoms. The number of aromatic nitrogens is 2. The second kappa shape index (κ2) is 8.67. The highest BCUT2D eigenvalue weighted by Gasteiger charge is 2.12. The average Bonchev–Trinajstić information content (AvgIpc) is 3.19. The van der Waals surface area contributed by atoms with Crippen molar-refractivity contribution in [3.05, 3.63) is 63.2 Å². The fourth-order valence-corrected chi connectivity index (χ4v) is 4.34. The van der Waals surface area contributed by atoms with E-state index in [0.717, 1.165) is 27.5 Å². The summed E-state index contributed by atoms with van der Waals surface area (Å²) in [5.41, 5.74) is 3.41. The van der Waals surface area contributed by atoms with Gasteiger partial charge in [0.25, 0.3) is 0 Å². The van der Waals surface area contributed by atoms with Crippen LogP contribution < -0.4 is 5.32 Å². The summed E-state index contributed by atoms with van der Waals surface area (Å²) >= 11 is 2.90. The zero-order chi connectivity index (χ0) is 19.4. The first kappa shape index (κ1) is 19.6.